The Kier molecular flexibility index (Phi) is 6.10. The molecular weight excluding hydrogens is 279 g/mol. The number of halogens is 1. The number of rotatable bonds is 7. The van der Waals surface area contributed by atoms with Gasteiger partial charge in [0.05, 0.1) is 0 Å². The van der Waals surface area contributed by atoms with Gasteiger partial charge in [-0.25, -0.2) is 12.8 Å². The smallest absolute Gasteiger partial charge is 0.246 e. The number of benzene rings is 1. The van der Waals surface area contributed by atoms with Gasteiger partial charge >= 0.3 is 0 Å². The normalized spacial score (nSPS) is 12.3. The molecule has 0 unspecified atom stereocenters. The van der Waals surface area contributed by atoms with Crippen molar-refractivity contribution >= 4 is 10.0 Å². The largest absolute Gasteiger partial charge is 0.316 e. The van der Waals surface area contributed by atoms with Crippen molar-refractivity contribution < 1.29 is 12.8 Å². The van der Waals surface area contributed by atoms with Gasteiger partial charge in [-0.15, -0.1) is 0 Å². The second kappa shape index (κ2) is 7.15. The Hall–Kier alpha value is -0.980. The lowest BCUT2D eigenvalue weighted by atomic mass is 10.2. The van der Waals surface area contributed by atoms with Crippen molar-refractivity contribution in [1.82, 2.24) is 9.62 Å². The van der Waals surface area contributed by atoms with E-state index in [0.717, 1.165) is 5.56 Å². The molecule has 0 amide bonds. The van der Waals surface area contributed by atoms with E-state index in [1.807, 2.05) is 6.92 Å². The van der Waals surface area contributed by atoms with Crippen molar-refractivity contribution in [2.45, 2.75) is 44.7 Å². The Labute approximate surface area is 121 Å². The molecule has 0 spiro atoms. The van der Waals surface area contributed by atoms with E-state index in [0.29, 0.717) is 19.5 Å². The van der Waals surface area contributed by atoms with Crippen molar-refractivity contribution in [2.75, 3.05) is 13.6 Å². The molecule has 0 aliphatic heterocycles. The standard InChI is InChI=1S/C14H23FN2O2S/c1-5-8-17(11(2)3)20(18,19)14-7-6-12(10-16-4)9-13(14)15/h6-7,9,11,16H,5,8,10H2,1-4H3. The molecule has 6 heteroatoms. The summed E-state index contributed by atoms with van der Waals surface area (Å²) in [5.41, 5.74) is 0.718. The third-order valence-electron chi connectivity index (χ3n) is 2.98. The van der Waals surface area contributed by atoms with E-state index in [9.17, 15) is 12.8 Å². The highest BCUT2D eigenvalue weighted by atomic mass is 32.2. The first kappa shape index (κ1) is 17.1. The Balaban J connectivity index is 3.20. The summed E-state index contributed by atoms with van der Waals surface area (Å²) in [6.07, 6.45) is 0.691. The number of nitrogens with zero attached hydrogens (tertiary/aromatic N) is 1. The van der Waals surface area contributed by atoms with Crippen LogP contribution in [0.1, 0.15) is 32.8 Å². The fourth-order valence-corrected chi connectivity index (χ4v) is 3.85. The van der Waals surface area contributed by atoms with Crippen LogP contribution in [0.2, 0.25) is 0 Å². The van der Waals surface area contributed by atoms with Gasteiger partial charge in [0.2, 0.25) is 10.0 Å². The summed E-state index contributed by atoms with van der Waals surface area (Å²) in [5, 5.41) is 2.90. The second-order valence-electron chi connectivity index (χ2n) is 5.00. The fourth-order valence-electron chi connectivity index (χ4n) is 2.07. The summed E-state index contributed by atoms with van der Waals surface area (Å²) in [6.45, 7) is 6.37. The Morgan fingerprint density at radius 2 is 2.00 bits per heavy atom. The molecule has 0 radical (unpaired) electrons. The zero-order valence-electron chi connectivity index (χ0n) is 12.5. The molecule has 0 aliphatic carbocycles. The summed E-state index contributed by atoms with van der Waals surface area (Å²) in [4.78, 5) is -0.250. The summed E-state index contributed by atoms with van der Waals surface area (Å²) >= 11 is 0. The molecule has 0 fully saturated rings. The van der Waals surface area contributed by atoms with Gasteiger partial charge in [0.1, 0.15) is 10.7 Å². The summed E-state index contributed by atoms with van der Waals surface area (Å²) in [7, 11) is -2.03. The Morgan fingerprint density at radius 3 is 2.45 bits per heavy atom. The van der Waals surface area contributed by atoms with Crippen LogP contribution in [0, 0.1) is 5.82 Å². The van der Waals surface area contributed by atoms with Crippen molar-refractivity contribution in [3.8, 4) is 0 Å². The molecule has 1 aromatic carbocycles. The van der Waals surface area contributed by atoms with E-state index < -0.39 is 15.8 Å². The lowest BCUT2D eigenvalue weighted by Gasteiger charge is -2.25. The number of hydrogen-bond acceptors (Lipinski definition) is 3. The fraction of sp³-hybridized carbons (Fsp3) is 0.571. The quantitative estimate of drug-likeness (QED) is 0.841. The zero-order valence-corrected chi connectivity index (χ0v) is 13.3. The third kappa shape index (κ3) is 3.77. The molecular formula is C14H23FN2O2S. The average Bonchev–Trinajstić information content (AvgIpc) is 2.35. The highest BCUT2D eigenvalue weighted by molar-refractivity contribution is 7.89. The maximum absolute atomic E-state index is 14.1. The highest BCUT2D eigenvalue weighted by Gasteiger charge is 2.28. The van der Waals surface area contributed by atoms with Crippen molar-refractivity contribution in [3.63, 3.8) is 0 Å². The molecule has 0 heterocycles. The highest BCUT2D eigenvalue weighted by Crippen LogP contribution is 2.22. The van der Waals surface area contributed by atoms with Crippen LogP contribution in [-0.4, -0.2) is 32.4 Å². The molecule has 1 N–H and O–H groups in total. The predicted octanol–water partition coefficient (Wildman–Crippen LogP) is 2.35. The maximum Gasteiger partial charge on any atom is 0.246 e. The van der Waals surface area contributed by atoms with E-state index in [1.54, 1.807) is 27.0 Å². The first-order valence-corrected chi connectivity index (χ1v) is 8.23. The minimum Gasteiger partial charge on any atom is -0.316 e. The monoisotopic (exact) mass is 302 g/mol. The molecule has 20 heavy (non-hydrogen) atoms. The Morgan fingerprint density at radius 1 is 1.35 bits per heavy atom. The van der Waals surface area contributed by atoms with E-state index in [4.69, 9.17) is 0 Å². The van der Waals surface area contributed by atoms with E-state index in [1.165, 1.54) is 16.4 Å². The van der Waals surface area contributed by atoms with E-state index in [2.05, 4.69) is 5.32 Å². The van der Waals surface area contributed by atoms with Crippen LogP contribution < -0.4 is 5.32 Å². The van der Waals surface area contributed by atoms with Crippen LogP contribution >= 0.6 is 0 Å². The van der Waals surface area contributed by atoms with Crippen LogP contribution in [0.3, 0.4) is 0 Å². The lowest BCUT2D eigenvalue weighted by Crippen LogP contribution is -2.37. The number of nitrogens with one attached hydrogen (secondary N) is 1. The molecule has 0 aliphatic rings. The molecule has 0 saturated carbocycles. The van der Waals surface area contributed by atoms with Gasteiger partial charge in [0.25, 0.3) is 0 Å². The molecule has 0 saturated heterocycles. The molecule has 1 aromatic rings. The second-order valence-corrected chi connectivity index (χ2v) is 6.86. The summed E-state index contributed by atoms with van der Waals surface area (Å²) in [5.74, 6) is -0.695. The van der Waals surface area contributed by atoms with Crippen molar-refractivity contribution in [2.24, 2.45) is 0 Å². The van der Waals surface area contributed by atoms with Gasteiger partial charge in [-0.1, -0.05) is 13.0 Å². The molecule has 114 valence electrons. The predicted molar refractivity (Wildman–Crippen MR) is 78.5 cm³/mol. The molecule has 0 bridgehead atoms. The van der Waals surface area contributed by atoms with Gasteiger partial charge in [0, 0.05) is 19.1 Å². The summed E-state index contributed by atoms with van der Waals surface area (Å²) in [6, 6.07) is 4.06. The van der Waals surface area contributed by atoms with Crippen LogP contribution in [0.5, 0.6) is 0 Å². The maximum atomic E-state index is 14.1. The summed E-state index contributed by atoms with van der Waals surface area (Å²) < 4.78 is 40.5. The lowest BCUT2D eigenvalue weighted by molar-refractivity contribution is 0.352. The van der Waals surface area contributed by atoms with Gasteiger partial charge in [-0.3, -0.25) is 0 Å². The number of hydrogen-bond donors (Lipinski definition) is 1. The van der Waals surface area contributed by atoms with Gasteiger partial charge in [-0.2, -0.15) is 4.31 Å². The minimum atomic E-state index is -3.79. The van der Waals surface area contributed by atoms with E-state index in [-0.39, 0.29) is 10.9 Å². The topological polar surface area (TPSA) is 49.4 Å². The first-order chi connectivity index (χ1) is 9.34. The molecule has 0 atom stereocenters. The van der Waals surface area contributed by atoms with Crippen molar-refractivity contribution in [1.29, 1.82) is 0 Å². The van der Waals surface area contributed by atoms with Gasteiger partial charge < -0.3 is 5.32 Å². The Bertz CT molecular complexity index is 544. The molecule has 0 aromatic heterocycles. The molecule has 4 nitrogen and oxygen atoms in total. The van der Waals surface area contributed by atoms with Crippen LogP contribution in [0.4, 0.5) is 4.39 Å². The van der Waals surface area contributed by atoms with Gasteiger partial charge in [0.15, 0.2) is 0 Å². The van der Waals surface area contributed by atoms with Crippen LogP contribution in [0.15, 0.2) is 23.1 Å². The van der Waals surface area contributed by atoms with Crippen LogP contribution in [-0.2, 0) is 16.6 Å². The first-order valence-electron chi connectivity index (χ1n) is 6.79. The third-order valence-corrected chi connectivity index (χ3v) is 5.09. The van der Waals surface area contributed by atoms with Gasteiger partial charge in [-0.05, 0) is 45.0 Å². The number of sulfonamides is 1. The minimum absolute atomic E-state index is 0.198. The van der Waals surface area contributed by atoms with E-state index >= 15 is 0 Å². The van der Waals surface area contributed by atoms with Crippen LogP contribution in [0.25, 0.3) is 0 Å². The van der Waals surface area contributed by atoms with Crippen molar-refractivity contribution in [3.05, 3.63) is 29.6 Å². The zero-order chi connectivity index (χ0) is 15.3. The average molecular weight is 302 g/mol. The molecule has 1 rings (SSSR count). The SMILES string of the molecule is CCCN(C(C)C)S(=O)(=O)c1ccc(CNC)cc1F.